The summed E-state index contributed by atoms with van der Waals surface area (Å²) in [4.78, 5) is 27.0. The van der Waals surface area contributed by atoms with Crippen LogP contribution in [0.25, 0.3) is 0 Å². The van der Waals surface area contributed by atoms with Gasteiger partial charge in [0.1, 0.15) is 6.61 Å². The predicted molar refractivity (Wildman–Crippen MR) is 90.2 cm³/mol. The quantitative estimate of drug-likeness (QED) is 0.870. The molecule has 0 spiro atoms. The van der Waals surface area contributed by atoms with Gasteiger partial charge in [0.15, 0.2) is 5.78 Å². The minimum Gasteiger partial charge on any atom is -0.463 e. The van der Waals surface area contributed by atoms with Crippen molar-refractivity contribution in [1.82, 2.24) is 0 Å². The van der Waals surface area contributed by atoms with Gasteiger partial charge in [-0.1, -0.05) is 36.4 Å². The second-order valence-corrected chi connectivity index (χ2v) is 5.77. The number of fused-ring (bicyclic) bond motifs is 2. The molecule has 124 valence electrons. The number of rotatable bonds is 4. The van der Waals surface area contributed by atoms with E-state index in [4.69, 9.17) is 9.84 Å². The average Bonchev–Trinajstić information content (AvgIpc) is 2.69. The Balaban J connectivity index is 2.04. The van der Waals surface area contributed by atoms with E-state index in [-0.39, 0.29) is 25.4 Å². The van der Waals surface area contributed by atoms with Crippen LogP contribution in [0.4, 0.5) is 5.69 Å². The van der Waals surface area contributed by atoms with Crippen LogP contribution in [0.3, 0.4) is 0 Å². The van der Waals surface area contributed by atoms with Crippen molar-refractivity contribution in [1.29, 1.82) is 0 Å². The topological polar surface area (TPSA) is 66.8 Å². The molecule has 1 N–H and O–H groups in total. The van der Waals surface area contributed by atoms with Crippen LogP contribution in [0.15, 0.2) is 42.5 Å². The summed E-state index contributed by atoms with van der Waals surface area (Å²) in [5.74, 6) is -0.527. The highest BCUT2D eigenvalue weighted by Crippen LogP contribution is 2.32. The van der Waals surface area contributed by atoms with E-state index in [0.717, 1.165) is 11.3 Å². The summed E-state index contributed by atoms with van der Waals surface area (Å²) < 4.78 is 4.94. The van der Waals surface area contributed by atoms with Crippen molar-refractivity contribution in [3.05, 3.63) is 64.7 Å². The van der Waals surface area contributed by atoms with Gasteiger partial charge in [0.25, 0.3) is 0 Å². The van der Waals surface area contributed by atoms with E-state index < -0.39 is 5.97 Å². The molecule has 3 rings (SSSR count). The lowest BCUT2D eigenvalue weighted by Gasteiger charge is -2.20. The average molecular weight is 325 g/mol. The van der Waals surface area contributed by atoms with Crippen LogP contribution in [-0.4, -0.2) is 37.1 Å². The smallest absolute Gasteiger partial charge is 0.310 e. The third-order valence-electron chi connectivity index (χ3n) is 4.13. The molecule has 2 aromatic carbocycles. The molecule has 0 radical (unpaired) electrons. The number of aliphatic hydroxyl groups is 1. The summed E-state index contributed by atoms with van der Waals surface area (Å²) in [6, 6.07) is 13.0. The Labute approximate surface area is 140 Å². The molecule has 0 aromatic heterocycles. The number of hydrogen-bond acceptors (Lipinski definition) is 5. The Hall–Kier alpha value is -2.66. The van der Waals surface area contributed by atoms with Crippen LogP contribution in [0, 0.1) is 0 Å². The number of aliphatic hydroxyl groups excluding tert-OH is 1. The summed E-state index contributed by atoms with van der Waals surface area (Å²) in [6.45, 7) is 0.381. The molecule has 1 heterocycles. The summed E-state index contributed by atoms with van der Waals surface area (Å²) in [7, 11) is 1.93. The molecule has 0 bridgehead atoms. The number of nitrogens with zero attached hydrogens (tertiary/aromatic N) is 1. The van der Waals surface area contributed by atoms with Crippen molar-refractivity contribution in [3.63, 3.8) is 0 Å². The maximum atomic E-state index is 13.1. The first kappa shape index (κ1) is 16.2. The summed E-state index contributed by atoms with van der Waals surface area (Å²) in [5.41, 5.74) is 3.63. The Bertz CT molecular complexity index is 785. The number of ketones is 1. The van der Waals surface area contributed by atoms with Gasteiger partial charge < -0.3 is 14.7 Å². The number of carbonyl (C=O) groups excluding carboxylic acids is 2. The zero-order valence-electron chi connectivity index (χ0n) is 13.5. The second-order valence-electron chi connectivity index (χ2n) is 5.77. The number of anilines is 1. The van der Waals surface area contributed by atoms with Crippen LogP contribution in [0.5, 0.6) is 0 Å². The molecule has 1 aliphatic rings. The van der Waals surface area contributed by atoms with Gasteiger partial charge in [-0.3, -0.25) is 9.59 Å². The van der Waals surface area contributed by atoms with Gasteiger partial charge in [0.05, 0.1) is 13.0 Å². The summed E-state index contributed by atoms with van der Waals surface area (Å²) in [5, 5.41) is 8.76. The second kappa shape index (κ2) is 6.84. The van der Waals surface area contributed by atoms with Crippen molar-refractivity contribution >= 4 is 17.4 Å². The van der Waals surface area contributed by atoms with Crippen LogP contribution in [-0.2, 0) is 22.5 Å². The van der Waals surface area contributed by atoms with Gasteiger partial charge in [0, 0.05) is 30.4 Å². The standard InChI is InChI=1S/C19H19NO4/c1-20-12-14-5-2-3-7-15(14)19(23)18-13(6-4-8-16(18)20)11-17(22)24-10-9-21/h2-8,21H,9-12H2,1H3. The van der Waals surface area contributed by atoms with E-state index in [0.29, 0.717) is 23.2 Å². The number of hydrogen-bond donors (Lipinski definition) is 1. The maximum Gasteiger partial charge on any atom is 0.310 e. The molecule has 0 saturated carbocycles. The number of ether oxygens (including phenoxy) is 1. The summed E-state index contributed by atoms with van der Waals surface area (Å²) >= 11 is 0. The Morgan fingerprint density at radius 3 is 2.79 bits per heavy atom. The number of esters is 1. The molecule has 0 saturated heterocycles. The first-order valence-electron chi connectivity index (χ1n) is 7.84. The fourth-order valence-electron chi connectivity index (χ4n) is 3.04. The number of benzene rings is 2. The Kier molecular flexibility index (Phi) is 4.62. The van der Waals surface area contributed by atoms with Crippen LogP contribution in [0.1, 0.15) is 27.0 Å². The SMILES string of the molecule is CN1Cc2ccccc2C(=O)c2c(CC(=O)OCCO)cccc21. The van der Waals surface area contributed by atoms with Crippen molar-refractivity contribution in [2.75, 3.05) is 25.2 Å². The van der Waals surface area contributed by atoms with Gasteiger partial charge in [0.2, 0.25) is 0 Å². The van der Waals surface area contributed by atoms with Crippen molar-refractivity contribution < 1.29 is 19.4 Å². The van der Waals surface area contributed by atoms with Gasteiger partial charge in [-0.05, 0) is 17.2 Å². The fourth-order valence-corrected chi connectivity index (χ4v) is 3.04. The van der Waals surface area contributed by atoms with Crippen LogP contribution < -0.4 is 4.90 Å². The summed E-state index contributed by atoms with van der Waals surface area (Å²) in [6.07, 6.45) is 0.00488. The molecule has 0 aliphatic carbocycles. The Morgan fingerprint density at radius 2 is 2.00 bits per heavy atom. The van der Waals surface area contributed by atoms with Gasteiger partial charge in [-0.2, -0.15) is 0 Å². The highest BCUT2D eigenvalue weighted by molar-refractivity contribution is 6.15. The third-order valence-corrected chi connectivity index (χ3v) is 4.13. The van der Waals surface area contributed by atoms with E-state index in [1.54, 1.807) is 6.07 Å². The molecule has 0 fully saturated rings. The lowest BCUT2D eigenvalue weighted by atomic mass is 9.94. The molecule has 5 heteroatoms. The van der Waals surface area contributed by atoms with Crippen LogP contribution >= 0.6 is 0 Å². The molecular weight excluding hydrogens is 306 g/mol. The van der Waals surface area contributed by atoms with Gasteiger partial charge in [-0.25, -0.2) is 0 Å². The third kappa shape index (κ3) is 3.03. The zero-order valence-corrected chi connectivity index (χ0v) is 13.5. The predicted octanol–water partition coefficient (Wildman–Crippen LogP) is 1.95. The minimum absolute atomic E-state index is 0.00488. The monoisotopic (exact) mass is 325 g/mol. The number of carbonyl (C=O) groups is 2. The molecule has 24 heavy (non-hydrogen) atoms. The molecule has 0 unspecified atom stereocenters. The van der Waals surface area contributed by atoms with Gasteiger partial charge in [-0.15, -0.1) is 0 Å². The fraction of sp³-hybridized carbons (Fsp3) is 0.263. The molecule has 5 nitrogen and oxygen atoms in total. The van der Waals surface area contributed by atoms with Crippen molar-refractivity contribution in [3.8, 4) is 0 Å². The minimum atomic E-state index is -0.453. The van der Waals surface area contributed by atoms with Gasteiger partial charge >= 0.3 is 5.97 Å². The molecule has 0 atom stereocenters. The maximum absolute atomic E-state index is 13.1. The van der Waals surface area contributed by atoms with E-state index in [1.165, 1.54) is 0 Å². The highest BCUT2D eigenvalue weighted by atomic mass is 16.5. The Morgan fingerprint density at radius 1 is 1.21 bits per heavy atom. The highest BCUT2D eigenvalue weighted by Gasteiger charge is 2.26. The zero-order chi connectivity index (χ0) is 17.1. The van der Waals surface area contributed by atoms with E-state index in [2.05, 4.69) is 0 Å². The molecular formula is C19H19NO4. The first-order valence-corrected chi connectivity index (χ1v) is 7.84. The molecule has 1 aliphatic heterocycles. The first-order chi connectivity index (χ1) is 11.6. The van der Waals surface area contributed by atoms with Crippen molar-refractivity contribution in [2.24, 2.45) is 0 Å². The molecule has 0 amide bonds. The van der Waals surface area contributed by atoms with E-state index >= 15 is 0 Å². The largest absolute Gasteiger partial charge is 0.463 e. The lowest BCUT2D eigenvalue weighted by molar-refractivity contribution is -0.143. The van der Waals surface area contributed by atoms with Crippen LogP contribution in [0.2, 0.25) is 0 Å². The lowest BCUT2D eigenvalue weighted by Crippen LogP contribution is -2.18. The molecule has 2 aromatic rings. The normalized spacial score (nSPS) is 13.1. The van der Waals surface area contributed by atoms with E-state index in [9.17, 15) is 9.59 Å². The van der Waals surface area contributed by atoms with Crippen molar-refractivity contribution in [2.45, 2.75) is 13.0 Å². The van der Waals surface area contributed by atoms with E-state index in [1.807, 2.05) is 48.3 Å².